The van der Waals surface area contributed by atoms with Gasteiger partial charge in [-0.3, -0.25) is 0 Å². The molecule has 2 aromatic rings. The summed E-state index contributed by atoms with van der Waals surface area (Å²) in [6.07, 6.45) is 0.514. The summed E-state index contributed by atoms with van der Waals surface area (Å²) in [4.78, 5) is 16.5. The number of benzene rings is 1. The molecule has 0 unspecified atom stereocenters. The number of methoxy groups -OCH3 is 1. The lowest BCUT2D eigenvalue weighted by molar-refractivity contribution is 0.0594. The van der Waals surface area contributed by atoms with E-state index in [0.29, 0.717) is 12.1 Å². The maximum atomic E-state index is 13.0. The van der Waals surface area contributed by atoms with Gasteiger partial charge in [0.2, 0.25) is 0 Å². The first kappa shape index (κ1) is 12.7. The molecular weight excluding hydrogens is 253 g/mol. The molecule has 1 aromatic carbocycles. The number of aromatic nitrogens is 1. The first-order valence-corrected chi connectivity index (χ1v) is 6.21. The van der Waals surface area contributed by atoms with Crippen LogP contribution in [0.2, 0.25) is 0 Å². The summed E-state index contributed by atoms with van der Waals surface area (Å²) in [5.41, 5.74) is 1.18. The standard InChI is InChI=1S/C13H12FNO2S/c1-8-12(13(16)17-2)15-11(18-8)7-9-4-3-5-10(14)6-9/h3-6H,7H2,1-2H3. The first-order valence-electron chi connectivity index (χ1n) is 5.39. The number of hydrogen-bond acceptors (Lipinski definition) is 4. The predicted molar refractivity (Wildman–Crippen MR) is 67.4 cm³/mol. The summed E-state index contributed by atoms with van der Waals surface area (Å²) < 4.78 is 17.7. The van der Waals surface area contributed by atoms with Gasteiger partial charge in [0.1, 0.15) is 5.82 Å². The van der Waals surface area contributed by atoms with Gasteiger partial charge in [-0.25, -0.2) is 14.2 Å². The molecule has 18 heavy (non-hydrogen) atoms. The number of carbonyl (C=O) groups is 1. The van der Waals surface area contributed by atoms with Crippen LogP contribution in [0.1, 0.15) is 25.9 Å². The Hall–Kier alpha value is -1.75. The molecule has 3 nitrogen and oxygen atoms in total. The molecule has 0 saturated heterocycles. The van der Waals surface area contributed by atoms with E-state index in [1.165, 1.54) is 30.6 Å². The summed E-state index contributed by atoms with van der Waals surface area (Å²) in [5, 5.41) is 0.776. The molecular formula is C13H12FNO2S. The lowest BCUT2D eigenvalue weighted by Crippen LogP contribution is -2.03. The third-order valence-corrected chi connectivity index (χ3v) is 3.43. The molecule has 0 atom stereocenters. The van der Waals surface area contributed by atoms with Crippen molar-refractivity contribution in [3.63, 3.8) is 0 Å². The van der Waals surface area contributed by atoms with Crippen LogP contribution in [0.5, 0.6) is 0 Å². The van der Waals surface area contributed by atoms with Gasteiger partial charge < -0.3 is 4.74 Å². The second-order valence-electron chi connectivity index (χ2n) is 3.81. The molecule has 0 radical (unpaired) electrons. The van der Waals surface area contributed by atoms with Crippen LogP contribution in [-0.4, -0.2) is 18.1 Å². The molecule has 5 heteroatoms. The normalized spacial score (nSPS) is 10.4. The van der Waals surface area contributed by atoms with Gasteiger partial charge in [0.25, 0.3) is 0 Å². The van der Waals surface area contributed by atoms with Gasteiger partial charge in [-0.2, -0.15) is 0 Å². The number of carbonyl (C=O) groups excluding carboxylic acids is 1. The number of hydrogen-bond donors (Lipinski definition) is 0. The van der Waals surface area contributed by atoms with Crippen LogP contribution in [0.4, 0.5) is 4.39 Å². The number of halogens is 1. The Morgan fingerprint density at radius 2 is 2.28 bits per heavy atom. The number of ether oxygens (including phenoxy) is 1. The van der Waals surface area contributed by atoms with Crippen LogP contribution in [0.25, 0.3) is 0 Å². The molecule has 0 aliphatic heterocycles. The number of esters is 1. The first-order chi connectivity index (χ1) is 8.60. The van der Waals surface area contributed by atoms with Gasteiger partial charge in [0.15, 0.2) is 5.69 Å². The molecule has 0 aliphatic rings. The zero-order valence-corrected chi connectivity index (χ0v) is 10.9. The van der Waals surface area contributed by atoms with E-state index in [9.17, 15) is 9.18 Å². The molecule has 0 fully saturated rings. The smallest absolute Gasteiger partial charge is 0.357 e. The number of aryl methyl sites for hydroxylation is 1. The van der Waals surface area contributed by atoms with Crippen molar-refractivity contribution in [2.75, 3.05) is 7.11 Å². The highest BCUT2D eigenvalue weighted by molar-refractivity contribution is 7.11. The summed E-state index contributed by atoms with van der Waals surface area (Å²) in [7, 11) is 1.33. The Bertz CT molecular complexity index is 580. The third kappa shape index (κ3) is 2.73. The Balaban J connectivity index is 2.23. The molecule has 0 N–H and O–H groups in total. The lowest BCUT2D eigenvalue weighted by Gasteiger charge is -1.97. The van der Waals surface area contributed by atoms with Crippen molar-refractivity contribution >= 4 is 17.3 Å². The average Bonchev–Trinajstić information content (AvgIpc) is 2.69. The predicted octanol–water partition coefficient (Wildman–Crippen LogP) is 2.97. The Kier molecular flexibility index (Phi) is 3.72. The van der Waals surface area contributed by atoms with Crippen LogP contribution < -0.4 is 0 Å². The van der Waals surface area contributed by atoms with Crippen molar-refractivity contribution in [3.05, 3.63) is 51.2 Å². The molecule has 1 heterocycles. The van der Waals surface area contributed by atoms with Crippen molar-refractivity contribution < 1.29 is 13.9 Å². The summed E-state index contributed by atoms with van der Waals surface area (Å²) >= 11 is 1.42. The van der Waals surface area contributed by atoms with Crippen LogP contribution in [0.15, 0.2) is 24.3 Å². The Morgan fingerprint density at radius 1 is 1.50 bits per heavy atom. The minimum Gasteiger partial charge on any atom is -0.464 e. The van der Waals surface area contributed by atoms with Crippen molar-refractivity contribution in [2.45, 2.75) is 13.3 Å². The molecule has 0 bridgehead atoms. The fourth-order valence-corrected chi connectivity index (χ4v) is 2.59. The van der Waals surface area contributed by atoms with Crippen molar-refractivity contribution in [1.82, 2.24) is 4.98 Å². The van der Waals surface area contributed by atoms with Crippen LogP contribution in [-0.2, 0) is 11.2 Å². The average molecular weight is 265 g/mol. The summed E-state index contributed by atoms with van der Waals surface area (Å²) in [6, 6.07) is 6.36. The largest absolute Gasteiger partial charge is 0.464 e. The molecule has 0 amide bonds. The number of nitrogens with zero attached hydrogens (tertiary/aromatic N) is 1. The Labute approximate surface area is 108 Å². The topological polar surface area (TPSA) is 39.2 Å². The molecule has 94 valence electrons. The zero-order valence-electron chi connectivity index (χ0n) is 10.1. The van der Waals surface area contributed by atoms with E-state index < -0.39 is 5.97 Å². The second kappa shape index (κ2) is 5.27. The van der Waals surface area contributed by atoms with Crippen molar-refractivity contribution in [1.29, 1.82) is 0 Å². The highest BCUT2D eigenvalue weighted by Crippen LogP contribution is 2.21. The molecule has 0 aliphatic carbocycles. The maximum absolute atomic E-state index is 13.0. The quantitative estimate of drug-likeness (QED) is 0.801. The molecule has 2 rings (SSSR count). The van der Waals surface area contributed by atoms with E-state index in [2.05, 4.69) is 9.72 Å². The third-order valence-electron chi connectivity index (χ3n) is 2.46. The summed E-state index contributed by atoms with van der Waals surface area (Å²) in [5.74, 6) is -0.705. The van der Waals surface area contributed by atoms with Crippen LogP contribution >= 0.6 is 11.3 Å². The van der Waals surface area contributed by atoms with Crippen molar-refractivity contribution in [2.24, 2.45) is 0 Å². The van der Waals surface area contributed by atoms with Gasteiger partial charge in [-0.15, -0.1) is 11.3 Å². The minimum atomic E-state index is -0.436. The van der Waals surface area contributed by atoms with Crippen LogP contribution in [0.3, 0.4) is 0 Å². The minimum absolute atomic E-state index is 0.269. The van der Waals surface area contributed by atoms with E-state index in [1.54, 1.807) is 6.07 Å². The SMILES string of the molecule is COC(=O)c1nc(Cc2cccc(F)c2)sc1C. The fourth-order valence-electron chi connectivity index (χ4n) is 1.63. The van der Waals surface area contributed by atoms with E-state index in [1.807, 2.05) is 13.0 Å². The number of thiazole rings is 1. The van der Waals surface area contributed by atoms with Gasteiger partial charge in [0, 0.05) is 11.3 Å². The van der Waals surface area contributed by atoms with E-state index in [0.717, 1.165) is 15.4 Å². The molecule has 0 saturated carbocycles. The second-order valence-corrected chi connectivity index (χ2v) is 5.10. The summed E-state index contributed by atoms with van der Waals surface area (Å²) in [6.45, 7) is 1.82. The van der Waals surface area contributed by atoms with Crippen molar-refractivity contribution in [3.8, 4) is 0 Å². The lowest BCUT2D eigenvalue weighted by atomic mass is 10.1. The highest BCUT2D eigenvalue weighted by atomic mass is 32.1. The Morgan fingerprint density at radius 3 is 2.94 bits per heavy atom. The van der Waals surface area contributed by atoms with E-state index in [-0.39, 0.29) is 5.82 Å². The van der Waals surface area contributed by atoms with Gasteiger partial charge in [-0.1, -0.05) is 12.1 Å². The zero-order chi connectivity index (χ0) is 13.1. The van der Waals surface area contributed by atoms with E-state index >= 15 is 0 Å². The molecule has 1 aromatic heterocycles. The van der Waals surface area contributed by atoms with Crippen LogP contribution in [0, 0.1) is 12.7 Å². The molecule has 0 spiro atoms. The van der Waals surface area contributed by atoms with Gasteiger partial charge >= 0.3 is 5.97 Å². The van der Waals surface area contributed by atoms with E-state index in [4.69, 9.17) is 0 Å². The fraction of sp³-hybridized carbons (Fsp3) is 0.231. The maximum Gasteiger partial charge on any atom is 0.357 e. The highest BCUT2D eigenvalue weighted by Gasteiger charge is 2.15. The monoisotopic (exact) mass is 265 g/mol. The van der Waals surface area contributed by atoms with Gasteiger partial charge in [-0.05, 0) is 24.6 Å². The van der Waals surface area contributed by atoms with Gasteiger partial charge in [0.05, 0.1) is 12.1 Å². The number of rotatable bonds is 3.